The molecular formula is C21H27F2NO2. The van der Waals surface area contributed by atoms with E-state index < -0.39 is 5.92 Å². The fourth-order valence-electron chi connectivity index (χ4n) is 4.13. The molecule has 3 nitrogen and oxygen atoms in total. The number of benzene rings is 1. The molecule has 0 spiro atoms. The van der Waals surface area contributed by atoms with Crippen LogP contribution in [-0.2, 0) is 9.53 Å². The Bertz CT molecular complexity index is 672. The van der Waals surface area contributed by atoms with Crippen LogP contribution >= 0.6 is 0 Å². The van der Waals surface area contributed by atoms with E-state index in [1.807, 2.05) is 49.5 Å². The quantitative estimate of drug-likeness (QED) is 0.708. The highest BCUT2D eigenvalue weighted by Gasteiger charge is 2.44. The molecule has 0 saturated carbocycles. The smallest absolute Gasteiger partial charge is 0.306 e. The molecule has 2 unspecified atom stereocenters. The van der Waals surface area contributed by atoms with Gasteiger partial charge in [-0.3, -0.25) is 4.79 Å². The van der Waals surface area contributed by atoms with E-state index in [1.165, 1.54) is 0 Å². The Kier molecular flexibility index (Phi) is 5.09. The highest BCUT2D eigenvalue weighted by Crippen LogP contribution is 2.44. The zero-order valence-corrected chi connectivity index (χ0v) is 15.6. The third-order valence-corrected chi connectivity index (χ3v) is 5.72. The summed E-state index contributed by atoms with van der Waals surface area (Å²) < 4.78 is 32.9. The number of allylic oxidation sites excluding steroid dienone is 1. The molecule has 1 aromatic carbocycles. The molecule has 5 heteroatoms. The largest absolute Gasteiger partial charge is 0.462 e. The molecule has 26 heavy (non-hydrogen) atoms. The van der Waals surface area contributed by atoms with Crippen LogP contribution in [0.25, 0.3) is 0 Å². The summed E-state index contributed by atoms with van der Waals surface area (Å²) in [5, 5.41) is 0. The summed E-state index contributed by atoms with van der Waals surface area (Å²) in [6, 6.07) is 9.78. The number of carbonyl (C=O) groups excluding carboxylic acids is 1. The number of rotatable bonds is 5. The average molecular weight is 363 g/mol. The Balaban J connectivity index is 1.87. The summed E-state index contributed by atoms with van der Waals surface area (Å²) >= 11 is 0. The first kappa shape index (κ1) is 18.9. The predicted molar refractivity (Wildman–Crippen MR) is 97.0 cm³/mol. The van der Waals surface area contributed by atoms with Gasteiger partial charge >= 0.3 is 5.97 Å². The second-order valence-electron chi connectivity index (χ2n) is 8.15. The van der Waals surface area contributed by atoms with Gasteiger partial charge in [0.25, 0.3) is 5.92 Å². The fraction of sp³-hybridized carbons (Fsp3) is 0.571. The van der Waals surface area contributed by atoms with E-state index in [0.29, 0.717) is 12.8 Å². The number of esters is 1. The first-order chi connectivity index (χ1) is 12.2. The highest BCUT2D eigenvalue weighted by molar-refractivity contribution is 5.71. The molecule has 0 amide bonds. The van der Waals surface area contributed by atoms with E-state index in [4.69, 9.17) is 4.74 Å². The van der Waals surface area contributed by atoms with Gasteiger partial charge in [-0.1, -0.05) is 50.3 Å². The van der Waals surface area contributed by atoms with Crippen LogP contribution in [0, 0.1) is 5.41 Å². The van der Waals surface area contributed by atoms with Gasteiger partial charge in [-0.15, -0.1) is 0 Å². The van der Waals surface area contributed by atoms with E-state index >= 15 is 0 Å². The van der Waals surface area contributed by atoms with Crippen molar-refractivity contribution in [3.8, 4) is 0 Å². The van der Waals surface area contributed by atoms with Gasteiger partial charge in [0, 0.05) is 30.2 Å². The number of nitrogens with zero attached hydrogens (tertiary/aromatic N) is 1. The van der Waals surface area contributed by atoms with Crippen LogP contribution < -0.4 is 0 Å². The van der Waals surface area contributed by atoms with E-state index in [1.54, 1.807) is 4.90 Å². The monoisotopic (exact) mass is 363 g/mol. The van der Waals surface area contributed by atoms with Crippen molar-refractivity contribution in [2.24, 2.45) is 5.41 Å². The Morgan fingerprint density at radius 1 is 1.31 bits per heavy atom. The molecule has 142 valence electrons. The van der Waals surface area contributed by atoms with Gasteiger partial charge in [-0.05, 0) is 25.1 Å². The second-order valence-corrected chi connectivity index (χ2v) is 8.15. The van der Waals surface area contributed by atoms with Crippen LogP contribution in [-0.4, -0.2) is 35.5 Å². The normalized spacial score (nSPS) is 27.1. The Morgan fingerprint density at radius 2 is 2.00 bits per heavy atom. The lowest BCUT2D eigenvalue weighted by Crippen LogP contribution is -2.35. The van der Waals surface area contributed by atoms with Crippen molar-refractivity contribution in [2.45, 2.75) is 64.0 Å². The van der Waals surface area contributed by atoms with Crippen molar-refractivity contribution < 1.29 is 18.3 Å². The molecule has 0 N–H and O–H groups in total. The van der Waals surface area contributed by atoms with Gasteiger partial charge in [-0.2, -0.15) is 0 Å². The summed E-state index contributed by atoms with van der Waals surface area (Å²) in [5.41, 5.74) is 0.755. The zero-order chi connectivity index (χ0) is 18.9. The number of hydrogen-bond donors (Lipinski definition) is 0. The summed E-state index contributed by atoms with van der Waals surface area (Å²) in [6.07, 6.45) is 4.65. The van der Waals surface area contributed by atoms with Crippen molar-refractivity contribution in [3.63, 3.8) is 0 Å². The van der Waals surface area contributed by atoms with Gasteiger partial charge in [0.1, 0.15) is 6.10 Å². The molecular weight excluding hydrogens is 336 g/mol. The minimum absolute atomic E-state index is 0.0407. The second kappa shape index (κ2) is 7.01. The van der Waals surface area contributed by atoms with Crippen LogP contribution in [0.4, 0.5) is 8.78 Å². The van der Waals surface area contributed by atoms with E-state index in [0.717, 1.165) is 5.56 Å². The molecule has 2 aliphatic rings. The van der Waals surface area contributed by atoms with Gasteiger partial charge < -0.3 is 9.64 Å². The molecule has 2 fully saturated rings. The molecule has 0 aromatic heterocycles. The third kappa shape index (κ3) is 3.92. The lowest BCUT2D eigenvalue weighted by atomic mass is 9.70. The molecule has 0 bridgehead atoms. The molecule has 2 saturated heterocycles. The first-order valence-corrected chi connectivity index (χ1v) is 9.25. The molecule has 2 aliphatic heterocycles. The maximum atomic E-state index is 13.7. The zero-order valence-electron chi connectivity index (χ0n) is 15.6. The molecule has 3 atom stereocenters. The van der Waals surface area contributed by atoms with Gasteiger partial charge in [0.15, 0.2) is 0 Å². The highest BCUT2D eigenvalue weighted by atomic mass is 19.3. The summed E-state index contributed by atoms with van der Waals surface area (Å²) in [7, 11) is 0. The minimum Gasteiger partial charge on any atom is -0.462 e. The molecule has 0 radical (unpaired) electrons. The van der Waals surface area contributed by atoms with Crippen LogP contribution in [0.15, 0.2) is 42.6 Å². The van der Waals surface area contributed by atoms with E-state index in [2.05, 4.69) is 13.8 Å². The van der Waals surface area contributed by atoms with Crippen molar-refractivity contribution >= 4 is 5.97 Å². The van der Waals surface area contributed by atoms with Gasteiger partial charge in [-0.25, -0.2) is 8.78 Å². The Labute approximate surface area is 154 Å². The average Bonchev–Trinajstić information content (AvgIpc) is 3.11. The number of likely N-dealkylation sites (tertiary alicyclic amines) is 1. The molecule has 0 aliphatic carbocycles. The lowest BCUT2D eigenvalue weighted by molar-refractivity contribution is -0.145. The van der Waals surface area contributed by atoms with Crippen LogP contribution in [0.2, 0.25) is 0 Å². The lowest BCUT2D eigenvalue weighted by Gasteiger charge is -2.37. The van der Waals surface area contributed by atoms with Crippen molar-refractivity contribution in [1.82, 2.24) is 4.90 Å². The molecule has 1 aromatic rings. The first-order valence-electron chi connectivity index (χ1n) is 9.25. The van der Waals surface area contributed by atoms with Crippen molar-refractivity contribution in [1.29, 1.82) is 0 Å². The van der Waals surface area contributed by atoms with E-state index in [9.17, 15) is 13.6 Å². The number of halogens is 2. The number of cyclic esters (lactones) is 1. The summed E-state index contributed by atoms with van der Waals surface area (Å²) in [5.74, 6) is -2.84. The van der Waals surface area contributed by atoms with Gasteiger partial charge in [0.05, 0.1) is 6.54 Å². The Morgan fingerprint density at radius 3 is 2.54 bits per heavy atom. The minimum atomic E-state index is -2.64. The third-order valence-electron chi connectivity index (χ3n) is 5.72. The van der Waals surface area contributed by atoms with Crippen molar-refractivity contribution in [3.05, 3.63) is 48.2 Å². The number of alkyl halides is 2. The molecule has 3 rings (SSSR count). The Hall–Kier alpha value is -1.91. The number of ether oxygens (including phenoxy) is 1. The predicted octanol–water partition coefficient (Wildman–Crippen LogP) is 4.75. The van der Waals surface area contributed by atoms with Crippen molar-refractivity contribution in [2.75, 3.05) is 6.54 Å². The summed E-state index contributed by atoms with van der Waals surface area (Å²) in [4.78, 5) is 13.3. The molecule has 2 heterocycles. The summed E-state index contributed by atoms with van der Waals surface area (Å²) in [6.45, 7) is 5.75. The maximum absolute atomic E-state index is 13.7. The van der Waals surface area contributed by atoms with Crippen LogP contribution in [0.3, 0.4) is 0 Å². The fourth-order valence-corrected chi connectivity index (χ4v) is 4.13. The van der Waals surface area contributed by atoms with Gasteiger partial charge in [0.2, 0.25) is 0 Å². The van der Waals surface area contributed by atoms with Crippen LogP contribution in [0.5, 0.6) is 0 Å². The standard InChI is InChI=1S/C21H27F2NO2/c1-15-13-21(22,23)14-24(15)12-11-17(16-7-5-4-6-8-16)20(2,3)18-9-10-19(25)26-18/h4-8,11-12,15,17-18H,9-10,13-14H2,1-3H3/b12-11+/t15-,17?,18?/m1/s1. The maximum Gasteiger partial charge on any atom is 0.306 e. The SMILES string of the molecule is C[C@@H]1CC(F)(F)CN1/C=C/C(c1ccccc1)C(C)(C)C1CCC(=O)O1. The number of carbonyl (C=O) groups is 1. The number of hydrogen-bond acceptors (Lipinski definition) is 3. The van der Waals surface area contributed by atoms with Crippen LogP contribution in [0.1, 0.15) is 51.5 Å². The topological polar surface area (TPSA) is 29.5 Å². The van der Waals surface area contributed by atoms with E-state index in [-0.39, 0.29) is 42.4 Å².